The lowest BCUT2D eigenvalue weighted by Gasteiger charge is -2.29. The molecule has 0 saturated heterocycles. The number of nitrogens with zero attached hydrogens (tertiary/aromatic N) is 1. The van der Waals surface area contributed by atoms with Crippen LogP contribution in [0.25, 0.3) is 0 Å². The van der Waals surface area contributed by atoms with Crippen molar-refractivity contribution < 1.29 is 19.1 Å². The zero-order valence-corrected chi connectivity index (χ0v) is 18.6. The van der Waals surface area contributed by atoms with Gasteiger partial charge < -0.3 is 19.7 Å². The maximum absolute atomic E-state index is 12.7. The summed E-state index contributed by atoms with van der Waals surface area (Å²) in [5.74, 6) is 1.95. The van der Waals surface area contributed by atoms with Crippen LogP contribution in [0.2, 0.25) is 0 Å². The molecule has 2 aromatic rings. The summed E-state index contributed by atoms with van der Waals surface area (Å²) in [6, 6.07) is 13.3. The van der Waals surface area contributed by atoms with Crippen LogP contribution < -0.4 is 19.7 Å². The highest BCUT2D eigenvalue weighted by atomic mass is 32.2. The number of rotatable bonds is 7. The van der Waals surface area contributed by atoms with E-state index in [1.165, 1.54) is 12.8 Å². The Hall–Kier alpha value is -2.67. The summed E-state index contributed by atoms with van der Waals surface area (Å²) in [7, 11) is 1.61. The molecule has 1 fully saturated rings. The van der Waals surface area contributed by atoms with Crippen molar-refractivity contribution in [3.05, 3.63) is 42.5 Å². The molecular weight excluding hydrogens is 412 g/mol. The van der Waals surface area contributed by atoms with Gasteiger partial charge in [-0.25, -0.2) is 0 Å². The van der Waals surface area contributed by atoms with Crippen LogP contribution >= 0.6 is 11.8 Å². The van der Waals surface area contributed by atoms with Crippen LogP contribution in [0.5, 0.6) is 11.5 Å². The second-order valence-electron chi connectivity index (χ2n) is 7.80. The number of amides is 2. The van der Waals surface area contributed by atoms with Crippen molar-refractivity contribution in [3.8, 4) is 11.5 Å². The Bertz CT molecular complexity index is 943. The van der Waals surface area contributed by atoms with E-state index in [0.717, 1.165) is 29.2 Å². The Kier molecular flexibility index (Phi) is 7.02. The van der Waals surface area contributed by atoms with E-state index in [2.05, 4.69) is 5.32 Å². The second kappa shape index (κ2) is 10.1. The third-order valence-corrected chi connectivity index (χ3v) is 6.68. The molecule has 1 aliphatic heterocycles. The number of para-hydroxylation sites is 1. The molecule has 7 heteroatoms. The Morgan fingerprint density at radius 2 is 1.90 bits per heavy atom. The molecule has 164 valence electrons. The fourth-order valence-electron chi connectivity index (χ4n) is 4.04. The molecule has 0 atom stereocenters. The Balaban J connectivity index is 1.34. The molecule has 1 heterocycles. The van der Waals surface area contributed by atoms with Crippen LogP contribution in [0, 0.1) is 0 Å². The first-order valence-corrected chi connectivity index (χ1v) is 11.8. The van der Waals surface area contributed by atoms with Gasteiger partial charge in [-0.3, -0.25) is 9.59 Å². The van der Waals surface area contributed by atoms with Gasteiger partial charge in [0.1, 0.15) is 0 Å². The zero-order valence-electron chi connectivity index (χ0n) is 17.8. The lowest BCUT2D eigenvalue weighted by atomic mass is 10.2. The van der Waals surface area contributed by atoms with Crippen LogP contribution in [0.3, 0.4) is 0 Å². The zero-order chi connectivity index (χ0) is 21.6. The van der Waals surface area contributed by atoms with E-state index < -0.39 is 0 Å². The van der Waals surface area contributed by atoms with Gasteiger partial charge in [0.25, 0.3) is 0 Å². The molecular formula is C24H28N2O4S. The number of fused-ring (bicyclic) bond motifs is 1. The van der Waals surface area contributed by atoms with E-state index in [1.807, 2.05) is 24.3 Å². The molecule has 0 spiro atoms. The first-order valence-electron chi connectivity index (χ1n) is 10.8. The first kappa shape index (κ1) is 21.6. The highest BCUT2D eigenvalue weighted by Gasteiger charge is 2.23. The predicted octanol–water partition coefficient (Wildman–Crippen LogP) is 4.87. The van der Waals surface area contributed by atoms with Gasteiger partial charge >= 0.3 is 0 Å². The maximum Gasteiger partial charge on any atom is 0.227 e. The van der Waals surface area contributed by atoms with Crippen molar-refractivity contribution in [2.24, 2.45) is 0 Å². The molecule has 6 nitrogen and oxygen atoms in total. The van der Waals surface area contributed by atoms with Gasteiger partial charge in [-0.05, 0) is 49.9 Å². The average molecular weight is 441 g/mol. The first-order chi connectivity index (χ1) is 15.1. The molecule has 1 aliphatic carbocycles. The van der Waals surface area contributed by atoms with Crippen LogP contribution in [0.4, 0.5) is 11.4 Å². The molecule has 31 heavy (non-hydrogen) atoms. The number of carbonyl (C=O) groups is 2. The van der Waals surface area contributed by atoms with Gasteiger partial charge in [0.05, 0.1) is 18.9 Å². The van der Waals surface area contributed by atoms with Crippen molar-refractivity contribution in [3.63, 3.8) is 0 Å². The van der Waals surface area contributed by atoms with Crippen molar-refractivity contribution >= 4 is 35.0 Å². The number of carbonyl (C=O) groups excluding carboxylic acids is 2. The number of hydrogen-bond donors (Lipinski definition) is 1. The summed E-state index contributed by atoms with van der Waals surface area (Å²) in [6.07, 6.45) is 4.94. The number of ether oxygens (including phenoxy) is 2. The van der Waals surface area contributed by atoms with Gasteiger partial charge in [0, 0.05) is 41.8 Å². The second-order valence-corrected chi connectivity index (χ2v) is 8.94. The minimum absolute atomic E-state index is 0.0251. The van der Waals surface area contributed by atoms with Crippen LogP contribution in [-0.2, 0) is 9.59 Å². The standard InChI is InChI=1S/C24H28N2O4S/c1-29-20-11-10-17(16-21(20)30-18-6-2-3-7-18)25-23(27)12-13-24(28)26-14-15-31-22-9-5-4-8-19(22)26/h4-5,8-11,16,18H,2-3,6-7,12-15H2,1H3,(H,25,27). The molecule has 0 radical (unpaired) electrons. The summed E-state index contributed by atoms with van der Waals surface area (Å²) in [4.78, 5) is 28.1. The fraction of sp³-hybridized carbons (Fsp3) is 0.417. The van der Waals surface area contributed by atoms with E-state index in [9.17, 15) is 9.59 Å². The van der Waals surface area contributed by atoms with E-state index in [0.29, 0.717) is 23.7 Å². The van der Waals surface area contributed by atoms with E-state index >= 15 is 0 Å². The molecule has 0 unspecified atom stereocenters. The smallest absolute Gasteiger partial charge is 0.227 e. The minimum atomic E-state index is -0.190. The Morgan fingerprint density at radius 3 is 2.71 bits per heavy atom. The number of benzene rings is 2. The molecule has 2 aliphatic rings. The molecule has 2 aromatic carbocycles. The number of thioether (sulfide) groups is 1. The topological polar surface area (TPSA) is 67.9 Å². The summed E-state index contributed by atoms with van der Waals surface area (Å²) in [6.45, 7) is 0.669. The number of anilines is 2. The van der Waals surface area contributed by atoms with Crippen LogP contribution in [0.1, 0.15) is 38.5 Å². The van der Waals surface area contributed by atoms with E-state index in [4.69, 9.17) is 9.47 Å². The largest absolute Gasteiger partial charge is 0.493 e. The Labute approximate surface area is 187 Å². The van der Waals surface area contributed by atoms with Gasteiger partial charge in [0.2, 0.25) is 11.8 Å². The summed E-state index contributed by atoms with van der Waals surface area (Å²) >= 11 is 1.76. The quantitative estimate of drug-likeness (QED) is 0.665. The Morgan fingerprint density at radius 1 is 1.10 bits per heavy atom. The van der Waals surface area contributed by atoms with Crippen molar-refractivity contribution in [1.29, 1.82) is 0 Å². The highest BCUT2D eigenvalue weighted by molar-refractivity contribution is 7.99. The van der Waals surface area contributed by atoms with Crippen molar-refractivity contribution in [1.82, 2.24) is 0 Å². The third kappa shape index (κ3) is 5.34. The number of methoxy groups -OCH3 is 1. The van der Waals surface area contributed by atoms with Gasteiger partial charge in [-0.1, -0.05) is 12.1 Å². The van der Waals surface area contributed by atoms with Gasteiger partial charge in [-0.15, -0.1) is 11.8 Å². The van der Waals surface area contributed by atoms with E-state index in [-0.39, 0.29) is 30.8 Å². The third-order valence-electron chi connectivity index (χ3n) is 5.64. The molecule has 1 saturated carbocycles. The lowest BCUT2D eigenvalue weighted by molar-refractivity contribution is -0.122. The monoisotopic (exact) mass is 440 g/mol. The normalized spacial score (nSPS) is 16.0. The molecule has 0 bridgehead atoms. The maximum atomic E-state index is 12.7. The van der Waals surface area contributed by atoms with Gasteiger partial charge in [-0.2, -0.15) is 0 Å². The minimum Gasteiger partial charge on any atom is -0.493 e. The lowest BCUT2D eigenvalue weighted by Crippen LogP contribution is -2.35. The summed E-state index contributed by atoms with van der Waals surface area (Å²) in [5.41, 5.74) is 1.58. The van der Waals surface area contributed by atoms with Crippen LogP contribution in [-0.4, -0.2) is 37.3 Å². The van der Waals surface area contributed by atoms with Crippen molar-refractivity contribution in [2.75, 3.05) is 29.6 Å². The van der Waals surface area contributed by atoms with Crippen molar-refractivity contribution in [2.45, 2.75) is 49.5 Å². The summed E-state index contributed by atoms with van der Waals surface area (Å²) < 4.78 is 11.5. The molecule has 1 N–H and O–H groups in total. The number of nitrogens with one attached hydrogen (secondary N) is 1. The highest BCUT2D eigenvalue weighted by Crippen LogP contribution is 2.35. The molecule has 0 aromatic heterocycles. The van der Waals surface area contributed by atoms with Gasteiger partial charge in [0.15, 0.2) is 11.5 Å². The average Bonchev–Trinajstić information content (AvgIpc) is 3.30. The fourth-order valence-corrected chi connectivity index (χ4v) is 5.03. The molecule has 2 amide bonds. The summed E-state index contributed by atoms with van der Waals surface area (Å²) in [5, 5.41) is 2.89. The van der Waals surface area contributed by atoms with Crippen LogP contribution in [0.15, 0.2) is 47.4 Å². The van der Waals surface area contributed by atoms with E-state index in [1.54, 1.807) is 42.0 Å². The number of hydrogen-bond acceptors (Lipinski definition) is 5. The molecule has 4 rings (SSSR count). The SMILES string of the molecule is COc1ccc(NC(=O)CCC(=O)N2CCSc3ccccc32)cc1OC1CCCC1. The predicted molar refractivity (Wildman–Crippen MR) is 123 cm³/mol.